The second-order valence-electron chi connectivity index (χ2n) is 5.27. The van der Waals surface area contributed by atoms with Gasteiger partial charge < -0.3 is 9.72 Å². The van der Waals surface area contributed by atoms with Crippen molar-refractivity contribution in [2.24, 2.45) is 0 Å². The SMILES string of the molecule is C=CCOc1ccc(S(=O)(=O)n2c(=O)[nH]c3cc(Cl)ccc3c2=O)cc1. The Hall–Kier alpha value is -2.84. The first-order valence-electron chi connectivity index (χ1n) is 7.38. The third kappa shape index (κ3) is 3.16. The Kier molecular flexibility index (Phi) is 4.71. The molecule has 7 nitrogen and oxygen atoms in total. The van der Waals surface area contributed by atoms with Gasteiger partial charge >= 0.3 is 5.69 Å². The maximum Gasteiger partial charge on any atom is 0.343 e. The van der Waals surface area contributed by atoms with Crippen LogP contribution in [0.2, 0.25) is 5.02 Å². The number of H-pyrrole nitrogens is 1. The quantitative estimate of drug-likeness (QED) is 0.671. The van der Waals surface area contributed by atoms with Gasteiger partial charge in [-0.1, -0.05) is 24.3 Å². The molecule has 1 N–H and O–H groups in total. The Labute approximate surface area is 153 Å². The van der Waals surface area contributed by atoms with E-state index in [0.717, 1.165) is 0 Å². The molecule has 2 aromatic carbocycles. The van der Waals surface area contributed by atoms with Crippen molar-refractivity contribution in [2.75, 3.05) is 6.61 Å². The fourth-order valence-electron chi connectivity index (χ4n) is 2.36. The van der Waals surface area contributed by atoms with Gasteiger partial charge in [0.25, 0.3) is 15.6 Å². The monoisotopic (exact) mass is 392 g/mol. The first-order valence-corrected chi connectivity index (χ1v) is 9.20. The normalized spacial score (nSPS) is 11.4. The number of fused-ring (bicyclic) bond motifs is 1. The van der Waals surface area contributed by atoms with Gasteiger partial charge in [0.2, 0.25) is 0 Å². The average Bonchev–Trinajstić information content (AvgIpc) is 2.59. The molecule has 0 radical (unpaired) electrons. The number of halogens is 1. The number of hydrogen-bond donors (Lipinski definition) is 1. The van der Waals surface area contributed by atoms with Crippen LogP contribution in [0.5, 0.6) is 5.75 Å². The Morgan fingerprint density at radius 2 is 1.85 bits per heavy atom. The van der Waals surface area contributed by atoms with E-state index < -0.39 is 21.3 Å². The van der Waals surface area contributed by atoms with E-state index in [1.807, 2.05) is 0 Å². The van der Waals surface area contributed by atoms with Gasteiger partial charge in [0.15, 0.2) is 0 Å². The van der Waals surface area contributed by atoms with Crippen molar-refractivity contribution in [1.82, 2.24) is 8.96 Å². The van der Waals surface area contributed by atoms with Crippen molar-refractivity contribution < 1.29 is 13.2 Å². The van der Waals surface area contributed by atoms with Crippen molar-refractivity contribution in [3.8, 4) is 5.75 Å². The van der Waals surface area contributed by atoms with Crippen LogP contribution in [0.3, 0.4) is 0 Å². The lowest BCUT2D eigenvalue weighted by molar-refractivity contribution is 0.363. The van der Waals surface area contributed by atoms with Crippen LogP contribution in [-0.2, 0) is 10.0 Å². The molecule has 0 aliphatic carbocycles. The number of hydrogen-bond acceptors (Lipinski definition) is 5. The number of nitrogens with one attached hydrogen (secondary N) is 1. The first kappa shape index (κ1) is 18.0. The van der Waals surface area contributed by atoms with Crippen molar-refractivity contribution in [3.63, 3.8) is 0 Å². The third-order valence-corrected chi connectivity index (χ3v) is 5.47. The van der Waals surface area contributed by atoms with E-state index in [4.69, 9.17) is 16.3 Å². The molecular weight excluding hydrogens is 380 g/mol. The summed E-state index contributed by atoms with van der Waals surface area (Å²) in [5, 5.41) is 0.340. The van der Waals surface area contributed by atoms with Crippen molar-refractivity contribution >= 4 is 32.5 Å². The summed E-state index contributed by atoms with van der Waals surface area (Å²) in [4.78, 5) is 27.0. The maximum absolute atomic E-state index is 12.8. The van der Waals surface area contributed by atoms with Gasteiger partial charge in [-0.3, -0.25) is 4.79 Å². The lowest BCUT2D eigenvalue weighted by atomic mass is 10.2. The summed E-state index contributed by atoms with van der Waals surface area (Å²) in [6, 6.07) is 9.53. The molecule has 9 heteroatoms. The van der Waals surface area contributed by atoms with E-state index in [0.29, 0.717) is 10.8 Å². The zero-order valence-corrected chi connectivity index (χ0v) is 14.9. The van der Waals surface area contributed by atoms with Crippen molar-refractivity contribution in [2.45, 2.75) is 4.90 Å². The van der Waals surface area contributed by atoms with Crippen LogP contribution < -0.4 is 16.0 Å². The minimum Gasteiger partial charge on any atom is -0.490 e. The fourth-order valence-corrected chi connectivity index (χ4v) is 3.80. The van der Waals surface area contributed by atoms with E-state index in [1.54, 1.807) is 6.08 Å². The van der Waals surface area contributed by atoms with Gasteiger partial charge in [-0.25, -0.2) is 13.2 Å². The summed E-state index contributed by atoms with van der Waals surface area (Å²) in [6.07, 6.45) is 1.55. The molecule has 134 valence electrons. The standard InChI is InChI=1S/C17H13ClN2O5S/c1-2-9-25-12-4-6-13(7-5-12)26(23,24)20-16(21)14-8-3-11(18)10-15(14)19-17(20)22/h2-8,10H,1,9H2,(H,19,22). The maximum atomic E-state index is 12.8. The Morgan fingerprint density at radius 1 is 1.15 bits per heavy atom. The number of ether oxygens (including phenoxy) is 1. The smallest absolute Gasteiger partial charge is 0.343 e. The summed E-state index contributed by atoms with van der Waals surface area (Å²) >= 11 is 5.83. The van der Waals surface area contributed by atoms with E-state index in [1.165, 1.54) is 42.5 Å². The minimum atomic E-state index is -4.39. The predicted octanol–water partition coefficient (Wildman–Crippen LogP) is 2.15. The zero-order valence-electron chi connectivity index (χ0n) is 13.3. The molecular formula is C17H13ClN2O5S. The van der Waals surface area contributed by atoms with Crippen molar-refractivity contribution in [3.05, 3.63) is 81.0 Å². The van der Waals surface area contributed by atoms with Crippen LogP contribution in [0.4, 0.5) is 0 Å². The number of nitrogens with zero attached hydrogens (tertiary/aromatic N) is 1. The highest BCUT2D eigenvalue weighted by Gasteiger charge is 2.23. The summed E-state index contributed by atoms with van der Waals surface area (Å²) in [5.74, 6) is 0.429. The fraction of sp³-hybridized carbons (Fsp3) is 0.0588. The summed E-state index contributed by atoms with van der Waals surface area (Å²) in [6.45, 7) is 3.78. The molecule has 0 atom stereocenters. The number of aromatic nitrogens is 2. The highest BCUT2D eigenvalue weighted by Crippen LogP contribution is 2.18. The number of aromatic amines is 1. The van der Waals surface area contributed by atoms with E-state index >= 15 is 0 Å². The molecule has 0 amide bonds. The lowest BCUT2D eigenvalue weighted by Gasteiger charge is -2.09. The molecule has 3 aromatic rings. The van der Waals surface area contributed by atoms with E-state index in [9.17, 15) is 18.0 Å². The van der Waals surface area contributed by atoms with Crippen LogP contribution in [0.1, 0.15) is 0 Å². The Balaban J connectivity index is 2.15. The lowest BCUT2D eigenvalue weighted by Crippen LogP contribution is -2.39. The minimum absolute atomic E-state index is 0.0310. The van der Waals surface area contributed by atoms with Crippen LogP contribution in [0.25, 0.3) is 10.9 Å². The molecule has 1 heterocycles. The summed E-state index contributed by atoms with van der Waals surface area (Å²) < 4.78 is 31.0. The van der Waals surface area contributed by atoms with Crippen LogP contribution >= 0.6 is 11.6 Å². The molecule has 0 bridgehead atoms. The van der Waals surface area contributed by atoms with Crippen molar-refractivity contribution in [1.29, 1.82) is 0 Å². The summed E-state index contributed by atoms with van der Waals surface area (Å²) in [7, 11) is -4.39. The molecule has 0 spiro atoms. The molecule has 0 aliphatic heterocycles. The van der Waals surface area contributed by atoms with Gasteiger partial charge in [-0.2, -0.15) is 0 Å². The highest BCUT2D eigenvalue weighted by molar-refractivity contribution is 7.90. The predicted molar refractivity (Wildman–Crippen MR) is 98.6 cm³/mol. The molecule has 0 aliphatic rings. The number of rotatable bonds is 5. The molecule has 1 aromatic heterocycles. The second-order valence-corrected chi connectivity index (χ2v) is 7.49. The van der Waals surface area contributed by atoms with Crippen LogP contribution in [0, 0.1) is 0 Å². The van der Waals surface area contributed by atoms with Gasteiger partial charge in [-0.05, 0) is 42.5 Å². The molecule has 3 rings (SSSR count). The topological polar surface area (TPSA) is 98.2 Å². The second kappa shape index (κ2) is 6.81. The number of benzene rings is 2. The summed E-state index contributed by atoms with van der Waals surface area (Å²) in [5.41, 5.74) is -1.86. The first-order chi connectivity index (χ1) is 12.3. The van der Waals surface area contributed by atoms with Gasteiger partial charge in [0.05, 0.1) is 15.8 Å². The average molecular weight is 393 g/mol. The third-order valence-electron chi connectivity index (χ3n) is 3.55. The molecule has 0 unspecified atom stereocenters. The molecule has 0 saturated carbocycles. The van der Waals surface area contributed by atoms with Crippen LogP contribution in [-0.4, -0.2) is 24.0 Å². The van der Waals surface area contributed by atoms with Gasteiger partial charge in [0, 0.05) is 5.02 Å². The highest BCUT2D eigenvalue weighted by atomic mass is 35.5. The Bertz CT molecular complexity index is 1210. The molecule has 0 saturated heterocycles. The van der Waals surface area contributed by atoms with Crippen LogP contribution in [0.15, 0.2) is 69.6 Å². The van der Waals surface area contributed by atoms with E-state index in [-0.39, 0.29) is 26.4 Å². The van der Waals surface area contributed by atoms with E-state index in [2.05, 4.69) is 11.6 Å². The Morgan fingerprint density at radius 3 is 2.50 bits per heavy atom. The molecule has 0 fully saturated rings. The zero-order chi connectivity index (χ0) is 18.9. The van der Waals surface area contributed by atoms with Gasteiger partial charge in [-0.15, -0.1) is 3.97 Å². The van der Waals surface area contributed by atoms with Gasteiger partial charge in [0.1, 0.15) is 12.4 Å². The largest absolute Gasteiger partial charge is 0.490 e. The molecule has 26 heavy (non-hydrogen) atoms.